The Kier molecular flexibility index (Phi) is 4.16. The van der Waals surface area contributed by atoms with E-state index >= 15 is 0 Å². The van der Waals surface area contributed by atoms with Gasteiger partial charge in [0.15, 0.2) is 17.5 Å². The van der Waals surface area contributed by atoms with E-state index in [1.54, 1.807) is 23.7 Å². The summed E-state index contributed by atoms with van der Waals surface area (Å²) in [6.07, 6.45) is 6.30. The highest BCUT2D eigenvalue weighted by Gasteiger charge is 2.36. The quantitative estimate of drug-likeness (QED) is 0.552. The van der Waals surface area contributed by atoms with Crippen LogP contribution in [0.1, 0.15) is 44.9 Å². The first-order valence-corrected chi connectivity index (χ1v) is 10.5. The molecule has 0 aromatic carbocycles. The second-order valence-electron chi connectivity index (χ2n) is 7.26. The van der Waals surface area contributed by atoms with Crippen molar-refractivity contribution < 1.29 is 0 Å². The highest BCUT2D eigenvalue weighted by atomic mass is 32.1. The number of aromatic amines is 1. The van der Waals surface area contributed by atoms with Gasteiger partial charge in [-0.15, -0.1) is 21.5 Å². The summed E-state index contributed by atoms with van der Waals surface area (Å²) in [5.74, 6) is 3.29. The van der Waals surface area contributed by atoms with Gasteiger partial charge >= 0.3 is 0 Å². The van der Waals surface area contributed by atoms with Gasteiger partial charge in [0.2, 0.25) is 0 Å². The van der Waals surface area contributed by atoms with E-state index in [4.69, 9.17) is 4.98 Å². The van der Waals surface area contributed by atoms with Crippen LogP contribution in [0.2, 0.25) is 0 Å². The summed E-state index contributed by atoms with van der Waals surface area (Å²) in [5, 5.41) is 18.8. The van der Waals surface area contributed by atoms with E-state index in [2.05, 4.69) is 60.6 Å². The number of rotatable bonds is 4. The molecule has 1 aliphatic heterocycles. The molecule has 0 saturated heterocycles. The maximum Gasteiger partial charge on any atom is 0.165 e. The Morgan fingerprint density at radius 1 is 1.21 bits per heavy atom. The minimum Gasteiger partial charge on any atom is -0.342 e. The molecule has 4 aromatic rings. The molecule has 0 saturated carbocycles. The number of hydrogen-bond acceptors (Lipinski definition) is 8. The summed E-state index contributed by atoms with van der Waals surface area (Å²) >= 11 is 1.55. The summed E-state index contributed by atoms with van der Waals surface area (Å²) in [6.45, 7) is 8.47. The third-order valence-electron chi connectivity index (χ3n) is 5.19. The van der Waals surface area contributed by atoms with Gasteiger partial charge in [-0.3, -0.25) is 9.67 Å². The molecule has 1 aliphatic rings. The highest BCUT2D eigenvalue weighted by molar-refractivity contribution is 7.13. The van der Waals surface area contributed by atoms with Gasteiger partial charge in [0.1, 0.15) is 22.2 Å². The third kappa shape index (κ3) is 2.66. The highest BCUT2D eigenvalue weighted by Crippen LogP contribution is 2.41. The number of aryl methyl sites for hydroxylation is 1. The van der Waals surface area contributed by atoms with Crippen molar-refractivity contribution in [3.8, 4) is 27.8 Å². The second-order valence-corrected chi connectivity index (χ2v) is 8.16. The summed E-state index contributed by atoms with van der Waals surface area (Å²) in [4.78, 5) is 16.4. The Morgan fingerprint density at radius 3 is 2.79 bits per heavy atom. The van der Waals surface area contributed by atoms with E-state index in [9.17, 15) is 0 Å². The normalized spacial score (nSPS) is 15.6. The van der Waals surface area contributed by atoms with Crippen LogP contribution in [0.15, 0.2) is 24.0 Å². The first-order valence-electron chi connectivity index (χ1n) is 9.61. The average Bonchev–Trinajstić information content (AvgIpc) is 3.46. The van der Waals surface area contributed by atoms with Crippen molar-refractivity contribution in [2.24, 2.45) is 0 Å². The van der Waals surface area contributed by atoms with Gasteiger partial charge in [-0.05, 0) is 27.2 Å². The van der Waals surface area contributed by atoms with E-state index in [1.807, 2.05) is 18.5 Å². The Labute approximate surface area is 171 Å². The Hall–Kier alpha value is -3.14. The minimum atomic E-state index is 0.106. The van der Waals surface area contributed by atoms with Crippen LogP contribution in [0.4, 0.5) is 5.82 Å². The van der Waals surface area contributed by atoms with Gasteiger partial charge in [-0.25, -0.2) is 15.0 Å². The zero-order chi connectivity index (χ0) is 20.1. The van der Waals surface area contributed by atoms with Gasteiger partial charge in [0, 0.05) is 17.6 Å². The summed E-state index contributed by atoms with van der Waals surface area (Å²) in [7, 11) is 0. The molecule has 29 heavy (non-hydrogen) atoms. The van der Waals surface area contributed by atoms with Crippen molar-refractivity contribution in [2.75, 3.05) is 4.90 Å². The second kappa shape index (κ2) is 6.73. The number of anilines is 1. The predicted octanol–water partition coefficient (Wildman–Crippen LogP) is 3.56. The summed E-state index contributed by atoms with van der Waals surface area (Å²) in [5.41, 5.74) is 2.58. The van der Waals surface area contributed by atoms with Crippen molar-refractivity contribution in [3.05, 3.63) is 35.6 Å². The predicted molar refractivity (Wildman–Crippen MR) is 111 cm³/mol. The lowest BCUT2D eigenvalue weighted by atomic mass is 10.1. The molecule has 4 aromatic heterocycles. The minimum absolute atomic E-state index is 0.106. The lowest BCUT2D eigenvalue weighted by Crippen LogP contribution is -2.40. The van der Waals surface area contributed by atoms with Crippen LogP contribution in [0.3, 0.4) is 0 Å². The van der Waals surface area contributed by atoms with Gasteiger partial charge in [0.25, 0.3) is 0 Å². The molecule has 1 atom stereocenters. The van der Waals surface area contributed by atoms with E-state index in [-0.39, 0.29) is 12.1 Å². The van der Waals surface area contributed by atoms with Crippen molar-refractivity contribution in [1.29, 1.82) is 0 Å². The molecule has 5 heterocycles. The van der Waals surface area contributed by atoms with Crippen molar-refractivity contribution >= 4 is 17.2 Å². The molecule has 0 aliphatic carbocycles. The van der Waals surface area contributed by atoms with E-state index < -0.39 is 0 Å². The van der Waals surface area contributed by atoms with E-state index in [0.717, 1.165) is 45.8 Å². The lowest BCUT2D eigenvalue weighted by molar-refractivity contribution is 0.496. The number of aromatic nitrogens is 8. The fourth-order valence-corrected chi connectivity index (χ4v) is 4.60. The molecule has 1 unspecified atom stereocenters. The van der Waals surface area contributed by atoms with Gasteiger partial charge < -0.3 is 4.90 Å². The molecule has 5 rings (SSSR count). The monoisotopic (exact) mass is 407 g/mol. The van der Waals surface area contributed by atoms with Crippen LogP contribution < -0.4 is 4.90 Å². The van der Waals surface area contributed by atoms with Gasteiger partial charge in [0.05, 0.1) is 24.0 Å². The van der Waals surface area contributed by atoms with E-state index in [0.29, 0.717) is 5.82 Å². The fourth-order valence-electron chi connectivity index (χ4n) is 3.96. The average molecular weight is 408 g/mol. The standard InChI is InChI=1S/C19H21N9S/c1-5-13-18-26-24-11(4)28(18)14-9-21-16(23-17(14)27(13)10(2)3)12-8-22-25-15(12)19-20-6-7-29-19/h6-10,13H,5H2,1-4H3,(H,22,25). The largest absolute Gasteiger partial charge is 0.342 e. The molecule has 1 N–H and O–H groups in total. The first-order chi connectivity index (χ1) is 14.1. The molecule has 0 bridgehead atoms. The SMILES string of the molecule is CCC1c2nnc(C)n2-c2cnc(-c3cn[nH]c3-c3nccs3)nc2N1C(C)C. The number of thiazole rings is 1. The maximum absolute atomic E-state index is 5.00. The number of H-pyrrole nitrogens is 1. The van der Waals surface area contributed by atoms with Crippen LogP contribution in [-0.4, -0.2) is 46.0 Å². The number of fused-ring (bicyclic) bond motifs is 3. The summed E-state index contributed by atoms with van der Waals surface area (Å²) in [6, 6.07) is 0.351. The Bertz CT molecular complexity index is 1160. The smallest absolute Gasteiger partial charge is 0.165 e. The lowest BCUT2D eigenvalue weighted by Gasteiger charge is -2.39. The number of nitrogens with one attached hydrogen (secondary N) is 1. The molecule has 0 amide bonds. The van der Waals surface area contributed by atoms with Crippen LogP contribution in [0.25, 0.3) is 27.8 Å². The molecular formula is C19H21N9S. The van der Waals surface area contributed by atoms with Crippen LogP contribution in [0.5, 0.6) is 0 Å². The zero-order valence-electron chi connectivity index (χ0n) is 16.7. The molecule has 0 radical (unpaired) electrons. The summed E-state index contributed by atoms with van der Waals surface area (Å²) < 4.78 is 2.07. The third-order valence-corrected chi connectivity index (χ3v) is 5.98. The molecule has 148 valence electrons. The van der Waals surface area contributed by atoms with Gasteiger partial charge in [-0.1, -0.05) is 6.92 Å². The first kappa shape index (κ1) is 17.9. The zero-order valence-corrected chi connectivity index (χ0v) is 17.5. The van der Waals surface area contributed by atoms with Crippen molar-refractivity contribution in [1.82, 2.24) is 39.9 Å². The molecule has 0 fully saturated rings. The Morgan fingerprint density at radius 2 is 2.07 bits per heavy atom. The van der Waals surface area contributed by atoms with Crippen LogP contribution in [0, 0.1) is 6.92 Å². The number of nitrogens with zero attached hydrogens (tertiary/aromatic N) is 8. The van der Waals surface area contributed by atoms with E-state index in [1.165, 1.54) is 0 Å². The van der Waals surface area contributed by atoms with Crippen LogP contribution in [-0.2, 0) is 0 Å². The van der Waals surface area contributed by atoms with Crippen LogP contribution >= 0.6 is 11.3 Å². The van der Waals surface area contributed by atoms with Crippen molar-refractivity contribution in [2.45, 2.75) is 46.2 Å². The molecule has 10 heteroatoms. The molecule has 9 nitrogen and oxygen atoms in total. The Balaban J connectivity index is 1.71. The molecular weight excluding hydrogens is 386 g/mol. The maximum atomic E-state index is 5.00. The van der Waals surface area contributed by atoms with Crippen molar-refractivity contribution in [3.63, 3.8) is 0 Å². The topological polar surface area (TPSA) is 101 Å². The van der Waals surface area contributed by atoms with Gasteiger partial charge in [-0.2, -0.15) is 5.10 Å². The molecule has 0 spiro atoms. The fraction of sp³-hybridized carbons (Fsp3) is 0.368. The number of hydrogen-bond donors (Lipinski definition) is 1.